The Morgan fingerprint density at radius 1 is 1.52 bits per heavy atom. The zero-order chi connectivity index (χ0) is 15.4. The van der Waals surface area contributed by atoms with Gasteiger partial charge in [-0.3, -0.25) is 9.59 Å². The molecule has 1 fully saturated rings. The van der Waals surface area contributed by atoms with Crippen molar-refractivity contribution in [3.05, 3.63) is 34.6 Å². The average Bonchev–Trinajstić information content (AvgIpc) is 2.49. The smallest absolute Gasteiger partial charge is 0.308 e. The Bertz CT molecular complexity index is 552. The van der Waals surface area contributed by atoms with Crippen LogP contribution in [0.1, 0.15) is 16.8 Å². The monoisotopic (exact) mass is 315 g/mol. The number of methoxy groups -OCH3 is 1. The van der Waals surface area contributed by atoms with Crippen LogP contribution >= 0.6 is 11.6 Å². The van der Waals surface area contributed by atoms with Gasteiger partial charge in [0.25, 0.3) is 5.91 Å². The van der Waals surface area contributed by atoms with Gasteiger partial charge in [-0.05, 0) is 18.2 Å². The van der Waals surface area contributed by atoms with Crippen LogP contribution < -0.4 is 0 Å². The summed E-state index contributed by atoms with van der Waals surface area (Å²) in [4.78, 5) is 25.0. The van der Waals surface area contributed by atoms with E-state index >= 15 is 0 Å². The summed E-state index contributed by atoms with van der Waals surface area (Å²) in [7, 11) is 1.29. The molecule has 0 aromatic heterocycles. The maximum atomic E-state index is 13.7. The van der Waals surface area contributed by atoms with Crippen molar-refractivity contribution < 1.29 is 23.5 Å². The van der Waals surface area contributed by atoms with Crippen molar-refractivity contribution in [3.8, 4) is 0 Å². The molecule has 0 spiro atoms. The van der Waals surface area contributed by atoms with Crippen LogP contribution in [0.4, 0.5) is 4.39 Å². The Kier molecular flexibility index (Phi) is 5.14. The van der Waals surface area contributed by atoms with Crippen LogP contribution in [0.5, 0.6) is 0 Å². The van der Waals surface area contributed by atoms with Gasteiger partial charge in [-0.15, -0.1) is 0 Å². The molecule has 0 aliphatic carbocycles. The van der Waals surface area contributed by atoms with Gasteiger partial charge in [0.15, 0.2) is 0 Å². The van der Waals surface area contributed by atoms with E-state index in [-0.39, 0.29) is 25.1 Å². The number of hydrogen-bond donors (Lipinski definition) is 0. The first-order valence-electron chi connectivity index (χ1n) is 6.44. The maximum absolute atomic E-state index is 13.7. The second-order valence-corrected chi connectivity index (χ2v) is 5.08. The summed E-state index contributed by atoms with van der Waals surface area (Å²) in [6.45, 7) is 0.831. The lowest BCUT2D eigenvalue weighted by Gasteiger charge is -2.32. The van der Waals surface area contributed by atoms with E-state index in [0.29, 0.717) is 11.6 Å². The molecule has 1 amide bonds. The van der Waals surface area contributed by atoms with E-state index in [0.717, 1.165) is 6.07 Å². The summed E-state index contributed by atoms with van der Waals surface area (Å²) < 4.78 is 23.7. The number of morpholine rings is 1. The lowest BCUT2D eigenvalue weighted by Crippen LogP contribution is -2.46. The van der Waals surface area contributed by atoms with E-state index in [4.69, 9.17) is 16.3 Å². The third kappa shape index (κ3) is 3.92. The largest absolute Gasteiger partial charge is 0.469 e. The minimum absolute atomic E-state index is 0.0539. The standard InChI is InChI=1S/C14H15ClFNO4/c1-20-13(18)7-10-8-17(4-5-21-10)14(19)11-6-9(15)2-3-12(11)16/h2-3,6,10H,4-5,7-8H2,1H3. The zero-order valence-corrected chi connectivity index (χ0v) is 12.2. The lowest BCUT2D eigenvalue weighted by molar-refractivity contribution is -0.145. The number of ether oxygens (including phenoxy) is 2. The molecule has 0 radical (unpaired) electrons. The van der Waals surface area contributed by atoms with E-state index in [2.05, 4.69) is 4.74 Å². The Hall–Kier alpha value is -1.66. The van der Waals surface area contributed by atoms with Gasteiger partial charge in [-0.1, -0.05) is 11.6 Å². The van der Waals surface area contributed by atoms with Gasteiger partial charge in [0.1, 0.15) is 5.82 Å². The van der Waals surface area contributed by atoms with Crippen LogP contribution in [0.15, 0.2) is 18.2 Å². The number of esters is 1. The number of nitrogens with zero attached hydrogens (tertiary/aromatic N) is 1. The van der Waals surface area contributed by atoms with E-state index in [1.165, 1.54) is 24.1 Å². The van der Waals surface area contributed by atoms with Gasteiger partial charge < -0.3 is 14.4 Å². The Morgan fingerprint density at radius 2 is 2.29 bits per heavy atom. The molecule has 1 saturated heterocycles. The number of hydrogen-bond acceptors (Lipinski definition) is 4. The number of carbonyl (C=O) groups excluding carboxylic acids is 2. The molecule has 1 aliphatic heterocycles. The molecular formula is C14H15ClFNO4. The van der Waals surface area contributed by atoms with Crippen molar-refractivity contribution >= 4 is 23.5 Å². The third-order valence-corrected chi connectivity index (χ3v) is 3.44. The van der Waals surface area contributed by atoms with Crippen LogP contribution in [-0.4, -0.2) is 49.7 Å². The quantitative estimate of drug-likeness (QED) is 0.799. The summed E-state index contributed by atoms with van der Waals surface area (Å²) >= 11 is 5.79. The number of rotatable bonds is 3. The van der Waals surface area contributed by atoms with Crippen molar-refractivity contribution in [2.75, 3.05) is 26.8 Å². The van der Waals surface area contributed by atoms with Crippen LogP contribution in [0.25, 0.3) is 0 Å². The van der Waals surface area contributed by atoms with Crippen LogP contribution in [0.2, 0.25) is 5.02 Å². The molecule has 0 N–H and O–H groups in total. The molecule has 7 heteroatoms. The summed E-state index contributed by atoms with van der Waals surface area (Å²) in [6.07, 6.45) is -0.393. The molecule has 1 atom stereocenters. The van der Waals surface area contributed by atoms with Gasteiger partial charge in [-0.25, -0.2) is 4.39 Å². The molecule has 1 unspecified atom stereocenters. The van der Waals surface area contributed by atoms with E-state index in [1.54, 1.807) is 0 Å². The fourth-order valence-corrected chi connectivity index (χ4v) is 2.30. The first kappa shape index (κ1) is 15.7. The highest BCUT2D eigenvalue weighted by Gasteiger charge is 2.28. The number of amides is 1. The fourth-order valence-electron chi connectivity index (χ4n) is 2.13. The summed E-state index contributed by atoms with van der Waals surface area (Å²) in [5.41, 5.74) is -0.0822. The average molecular weight is 316 g/mol. The minimum Gasteiger partial charge on any atom is -0.469 e. The molecule has 1 aliphatic rings. The summed E-state index contributed by atoms with van der Waals surface area (Å²) in [5, 5.41) is 0.291. The normalized spacial score (nSPS) is 18.4. The molecule has 1 aromatic rings. The van der Waals surface area contributed by atoms with Gasteiger partial charge in [-0.2, -0.15) is 0 Å². The van der Waals surface area contributed by atoms with E-state index < -0.39 is 23.8 Å². The van der Waals surface area contributed by atoms with Crippen molar-refractivity contribution in [2.45, 2.75) is 12.5 Å². The van der Waals surface area contributed by atoms with Gasteiger partial charge in [0.05, 0.1) is 31.8 Å². The van der Waals surface area contributed by atoms with Gasteiger partial charge in [0.2, 0.25) is 0 Å². The molecule has 114 valence electrons. The Labute approximate surface area is 126 Å². The van der Waals surface area contributed by atoms with Crippen LogP contribution in [0.3, 0.4) is 0 Å². The highest BCUT2D eigenvalue weighted by atomic mass is 35.5. The maximum Gasteiger partial charge on any atom is 0.308 e. The van der Waals surface area contributed by atoms with Crippen molar-refractivity contribution in [2.24, 2.45) is 0 Å². The van der Waals surface area contributed by atoms with Crippen LogP contribution in [0, 0.1) is 5.82 Å². The zero-order valence-electron chi connectivity index (χ0n) is 11.5. The molecule has 0 bridgehead atoms. The van der Waals surface area contributed by atoms with Gasteiger partial charge in [0, 0.05) is 18.1 Å². The molecule has 0 saturated carbocycles. The predicted octanol–water partition coefficient (Wildman–Crippen LogP) is 1.88. The fraction of sp³-hybridized carbons (Fsp3) is 0.429. The van der Waals surface area contributed by atoms with Crippen molar-refractivity contribution in [1.82, 2.24) is 4.90 Å². The lowest BCUT2D eigenvalue weighted by atomic mass is 10.1. The molecular weight excluding hydrogens is 301 g/mol. The van der Waals surface area contributed by atoms with Crippen molar-refractivity contribution in [1.29, 1.82) is 0 Å². The minimum atomic E-state index is -0.625. The number of halogens is 2. The second-order valence-electron chi connectivity index (χ2n) is 4.65. The highest BCUT2D eigenvalue weighted by molar-refractivity contribution is 6.31. The highest BCUT2D eigenvalue weighted by Crippen LogP contribution is 2.19. The molecule has 2 rings (SSSR count). The van der Waals surface area contributed by atoms with E-state index in [1.807, 2.05) is 0 Å². The first-order chi connectivity index (χ1) is 10.0. The molecule has 1 heterocycles. The molecule has 21 heavy (non-hydrogen) atoms. The summed E-state index contributed by atoms with van der Waals surface area (Å²) in [5.74, 6) is -1.50. The second kappa shape index (κ2) is 6.87. The number of benzene rings is 1. The third-order valence-electron chi connectivity index (χ3n) is 3.21. The first-order valence-corrected chi connectivity index (χ1v) is 6.82. The van der Waals surface area contributed by atoms with E-state index in [9.17, 15) is 14.0 Å². The van der Waals surface area contributed by atoms with Crippen molar-refractivity contribution in [3.63, 3.8) is 0 Å². The van der Waals surface area contributed by atoms with Crippen LogP contribution in [-0.2, 0) is 14.3 Å². The molecule has 1 aromatic carbocycles. The molecule has 5 nitrogen and oxygen atoms in total. The van der Waals surface area contributed by atoms with Gasteiger partial charge >= 0.3 is 5.97 Å². The Morgan fingerprint density at radius 3 is 3.00 bits per heavy atom. The topological polar surface area (TPSA) is 55.8 Å². The predicted molar refractivity (Wildman–Crippen MR) is 73.7 cm³/mol. The SMILES string of the molecule is COC(=O)CC1CN(C(=O)c2cc(Cl)ccc2F)CCO1. The summed E-state index contributed by atoms with van der Waals surface area (Å²) in [6, 6.07) is 3.83. The number of carbonyl (C=O) groups is 2. The Balaban J connectivity index is 2.08.